The maximum absolute atomic E-state index is 12.1. The van der Waals surface area contributed by atoms with Crippen molar-refractivity contribution < 1.29 is 27.8 Å². The Morgan fingerprint density at radius 1 is 1.50 bits per heavy atom. The zero-order valence-corrected chi connectivity index (χ0v) is 9.15. The van der Waals surface area contributed by atoms with Crippen LogP contribution in [0.2, 0.25) is 0 Å². The summed E-state index contributed by atoms with van der Waals surface area (Å²) in [4.78, 5) is 22.2. The van der Waals surface area contributed by atoms with E-state index in [1.807, 2.05) is 0 Å². The highest BCUT2D eigenvalue weighted by atomic mass is 19.3. The van der Waals surface area contributed by atoms with Crippen molar-refractivity contribution in [1.82, 2.24) is 0 Å². The van der Waals surface area contributed by atoms with E-state index in [0.717, 1.165) is 19.2 Å². The number of benzene rings is 1. The van der Waals surface area contributed by atoms with Crippen molar-refractivity contribution in [2.75, 3.05) is 7.11 Å². The first kappa shape index (κ1) is 13.6. The van der Waals surface area contributed by atoms with Gasteiger partial charge < -0.3 is 9.47 Å². The van der Waals surface area contributed by atoms with Gasteiger partial charge in [-0.2, -0.15) is 14.0 Å². The summed E-state index contributed by atoms with van der Waals surface area (Å²) in [6.07, 6.45) is 0.319. The van der Waals surface area contributed by atoms with Crippen LogP contribution in [0.1, 0.15) is 26.3 Å². The predicted octanol–water partition coefficient (Wildman–Crippen LogP) is 1.76. The molecule has 7 heteroatoms. The van der Waals surface area contributed by atoms with Gasteiger partial charge in [-0.3, -0.25) is 4.79 Å². The van der Waals surface area contributed by atoms with Gasteiger partial charge in [0.15, 0.2) is 6.29 Å². The molecule has 94 valence electrons. The molecular weight excluding hydrogens is 248 g/mol. The third-order valence-corrected chi connectivity index (χ3v) is 2.04. The minimum atomic E-state index is -3.15. The van der Waals surface area contributed by atoms with E-state index in [-0.39, 0.29) is 5.56 Å². The van der Waals surface area contributed by atoms with E-state index < -0.39 is 29.5 Å². The fourth-order valence-electron chi connectivity index (χ4n) is 1.33. The third-order valence-electron chi connectivity index (χ3n) is 2.04. The highest BCUT2D eigenvalue weighted by Gasteiger charge is 2.22. The van der Waals surface area contributed by atoms with Crippen LogP contribution in [-0.4, -0.2) is 26.0 Å². The van der Waals surface area contributed by atoms with Gasteiger partial charge in [-0.15, -0.1) is 0 Å². The van der Waals surface area contributed by atoms with Crippen LogP contribution in [0.25, 0.3) is 0 Å². The summed E-state index contributed by atoms with van der Waals surface area (Å²) >= 11 is 0. The van der Waals surface area contributed by atoms with Crippen molar-refractivity contribution >= 4 is 12.3 Å². The lowest BCUT2D eigenvalue weighted by Crippen LogP contribution is -2.11. The molecule has 0 saturated heterocycles. The number of methoxy groups -OCH3 is 1. The second-order valence-electron chi connectivity index (χ2n) is 3.00. The Morgan fingerprint density at radius 3 is 2.61 bits per heavy atom. The molecule has 1 aromatic carbocycles. The van der Waals surface area contributed by atoms with E-state index in [1.54, 1.807) is 6.07 Å². The molecule has 0 aliphatic heterocycles. The number of nitrogens with zero attached hydrogens (tertiary/aromatic N) is 1. The van der Waals surface area contributed by atoms with E-state index in [0.29, 0.717) is 6.29 Å². The van der Waals surface area contributed by atoms with Crippen LogP contribution in [0.5, 0.6) is 5.75 Å². The highest BCUT2D eigenvalue weighted by Crippen LogP contribution is 2.26. The Hall–Kier alpha value is -2.49. The zero-order valence-electron chi connectivity index (χ0n) is 9.15. The first-order valence-electron chi connectivity index (χ1n) is 4.60. The number of hydrogen-bond acceptors (Lipinski definition) is 5. The van der Waals surface area contributed by atoms with Gasteiger partial charge in [0, 0.05) is 5.56 Å². The number of carbonyl (C=O) groups excluding carboxylic acids is 2. The quantitative estimate of drug-likeness (QED) is 0.605. The van der Waals surface area contributed by atoms with Gasteiger partial charge in [0.25, 0.3) is 0 Å². The standard InChI is InChI=1S/C11H7F2NO4/c1-17-10(16)9-6(5-15)2-3-8(7(9)4-14)18-11(12)13/h2-3,5,11H,1H3. The van der Waals surface area contributed by atoms with Gasteiger partial charge in [-0.25, -0.2) is 4.79 Å². The smallest absolute Gasteiger partial charge is 0.387 e. The molecule has 0 aromatic heterocycles. The summed E-state index contributed by atoms with van der Waals surface area (Å²) in [7, 11) is 1.04. The van der Waals surface area contributed by atoms with E-state index in [1.165, 1.54) is 0 Å². The maximum Gasteiger partial charge on any atom is 0.387 e. The first-order valence-corrected chi connectivity index (χ1v) is 4.60. The number of hydrogen-bond donors (Lipinski definition) is 0. The fourth-order valence-corrected chi connectivity index (χ4v) is 1.33. The van der Waals surface area contributed by atoms with Crippen molar-refractivity contribution in [3.8, 4) is 11.8 Å². The molecule has 0 bridgehead atoms. The summed E-state index contributed by atoms with van der Waals surface area (Å²) in [6, 6.07) is 3.65. The molecule has 0 radical (unpaired) electrons. The molecule has 18 heavy (non-hydrogen) atoms. The van der Waals surface area contributed by atoms with Gasteiger partial charge in [0.1, 0.15) is 17.4 Å². The van der Waals surface area contributed by atoms with Crippen LogP contribution in [0.4, 0.5) is 8.78 Å². The lowest BCUT2D eigenvalue weighted by atomic mass is 10.0. The Balaban J connectivity index is 3.48. The first-order chi connectivity index (χ1) is 8.54. The van der Waals surface area contributed by atoms with Crippen LogP contribution < -0.4 is 4.74 Å². The molecule has 0 spiro atoms. The maximum atomic E-state index is 12.1. The van der Waals surface area contributed by atoms with Crippen molar-refractivity contribution in [3.05, 3.63) is 28.8 Å². The summed E-state index contributed by atoms with van der Waals surface area (Å²) in [5.74, 6) is -1.47. The molecule has 0 atom stereocenters. The van der Waals surface area contributed by atoms with Crippen molar-refractivity contribution in [3.63, 3.8) is 0 Å². The van der Waals surface area contributed by atoms with Crippen LogP contribution in [-0.2, 0) is 4.74 Å². The van der Waals surface area contributed by atoms with Crippen LogP contribution in [0.3, 0.4) is 0 Å². The number of esters is 1. The lowest BCUT2D eigenvalue weighted by Gasteiger charge is -2.10. The Bertz CT molecular complexity index is 523. The number of rotatable bonds is 4. The van der Waals surface area contributed by atoms with Crippen molar-refractivity contribution in [1.29, 1.82) is 5.26 Å². The molecular formula is C11H7F2NO4. The van der Waals surface area contributed by atoms with Crippen molar-refractivity contribution in [2.45, 2.75) is 6.61 Å². The summed E-state index contributed by atoms with van der Waals surface area (Å²) in [5, 5.41) is 8.88. The van der Waals surface area contributed by atoms with E-state index in [4.69, 9.17) is 5.26 Å². The van der Waals surface area contributed by atoms with Gasteiger partial charge >= 0.3 is 12.6 Å². The van der Waals surface area contributed by atoms with E-state index in [9.17, 15) is 18.4 Å². The Morgan fingerprint density at radius 2 is 2.17 bits per heavy atom. The van der Waals surface area contributed by atoms with Gasteiger partial charge in [0.05, 0.1) is 12.7 Å². The van der Waals surface area contributed by atoms with Gasteiger partial charge in [-0.1, -0.05) is 0 Å². The molecule has 0 heterocycles. The predicted molar refractivity (Wildman–Crippen MR) is 54.5 cm³/mol. The number of aldehydes is 1. The highest BCUT2D eigenvalue weighted by molar-refractivity contribution is 6.01. The number of alkyl halides is 2. The molecule has 0 amide bonds. The van der Waals surface area contributed by atoms with Crippen LogP contribution in [0.15, 0.2) is 12.1 Å². The molecule has 0 saturated carbocycles. The van der Waals surface area contributed by atoms with Gasteiger partial charge in [0.2, 0.25) is 0 Å². The normalized spacial score (nSPS) is 9.72. The SMILES string of the molecule is COC(=O)c1c(C=O)ccc(OC(F)F)c1C#N. The summed E-state index contributed by atoms with van der Waals surface area (Å²) in [5.41, 5.74) is -1.00. The molecule has 0 fully saturated rings. The largest absolute Gasteiger partial charge is 0.465 e. The van der Waals surface area contributed by atoms with E-state index in [2.05, 4.69) is 9.47 Å². The second-order valence-corrected chi connectivity index (χ2v) is 3.00. The topological polar surface area (TPSA) is 76.4 Å². The number of carbonyl (C=O) groups is 2. The minimum Gasteiger partial charge on any atom is -0.465 e. The molecule has 5 nitrogen and oxygen atoms in total. The number of halogens is 2. The van der Waals surface area contributed by atoms with Crippen LogP contribution in [0, 0.1) is 11.3 Å². The number of nitriles is 1. The molecule has 0 unspecified atom stereocenters. The molecule has 0 aliphatic carbocycles. The van der Waals surface area contributed by atoms with Crippen LogP contribution >= 0.6 is 0 Å². The molecule has 1 rings (SSSR count). The summed E-state index contributed by atoms with van der Waals surface area (Å²) in [6.45, 7) is -3.15. The zero-order chi connectivity index (χ0) is 13.7. The molecule has 0 aliphatic rings. The summed E-state index contributed by atoms with van der Waals surface area (Å²) < 4.78 is 32.7. The monoisotopic (exact) mass is 255 g/mol. The number of ether oxygens (including phenoxy) is 2. The van der Waals surface area contributed by atoms with E-state index >= 15 is 0 Å². The molecule has 1 aromatic rings. The lowest BCUT2D eigenvalue weighted by molar-refractivity contribution is -0.0501. The second kappa shape index (κ2) is 5.72. The Labute approximate surface area is 101 Å². The van der Waals surface area contributed by atoms with Gasteiger partial charge in [-0.05, 0) is 12.1 Å². The minimum absolute atomic E-state index is 0.139. The fraction of sp³-hybridized carbons (Fsp3) is 0.182. The third kappa shape index (κ3) is 2.60. The Kier molecular flexibility index (Phi) is 4.32. The average molecular weight is 255 g/mol. The van der Waals surface area contributed by atoms with Crippen molar-refractivity contribution in [2.24, 2.45) is 0 Å². The average Bonchev–Trinajstić information content (AvgIpc) is 2.36. The molecule has 0 N–H and O–H groups in total.